The van der Waals surface area contributed by atoms with Crippen molar-refractivity contribution in [3.8, 4) is 0 Å². The highest BCUT2D eigenvalue weighted by Gasteiger charge is 2.34. The summed E-state index contributed by atoms with van der Waals surface area (Å²) in [6.45, 7) is 6.96. The topological polar surface area (TPSA) is 32.3 Å². The van der Waals surface area contributed by atoms with Crippen LogP contribution in [0.2, 0.25) is 0 Å². The van der Waals surface area contributed by atoms with E-state index >= 15 is 0 Å². The second kappa shape index (κ2) is 4.97. The Bertz CT molecular complexity index is 137. The SMILES string of the molecule is CCC(CC)CC1(CO)CCNC1. The van der Waals surface area contributed by atoms with Gasteiger partial charge in [-0.3, -0.25) is 0 Å². The van der Waals surface area contributed by atoms with E-state index in [0.717, 1.165) is 25.4 Å². The van der Waals surface area contributed by atoms with Crippen molar-refractivity contribution in [2.24, 2.45) is 11.3 Å². The molecule has 0 saturated carbocycles. The van der Waals surface area contributed by atoms with Gasteiger partial charge in [0, 0.05) is 18.6 Å². The minimum atomic E-state index is 0.205. The fraction of sp³-hybridized carbons (Fsp3) is 1.00. The molecule has 1 atom stereocenters. The lowest BCUT2D eigenvalue weighted by molar-refractivity contribution is 0.111. The third kappa shape index (κ3) is 2.68. The van der Waals surface area contributed by atoms with Crippen molar-refractivity contribution in [2.75, 3.05) is 19.7 Å². The van der Waals surface area contributed by atoms with Crippen LogP contribution in [-0.2, 0) is 0 Å². The van der Waals surface area contributed by atoms with E-state index in [9.17, 15) is 5.11 Å². The lowest BCUT2D eigenvalue weighted by atomic mass is 9.77. The predicted molar refractivity (Wildman–Crippen MR) is 55.7 cm³/mol. The van der Waals surface area contributed by atoms with Gasteiger partial charge in [-0.25, -0.2) is 0 Å². The molecule has 1 fully saturated rings. The molecular formula is C11H23NO. The first-order chi connectivity index (χ1) is 6.26. The minimum absolute atomic E-state index is 0.205. The lowest BCUT2D eigenvalue weighted by Crippen LogP contribution is -2.30. The number of hydrogen-bond acceptors (Lipinski definition) is 2. The molecular weight excluding hydrogens is 162 g/mol. The molecule has 0 aromatic rings. The smallest absolute Gasteiger partial charge is 0.0500 e. The van der Waals surface area contributed by atoms with Crippen molar-refractivity contribution >= 4 is 0 Å². The lowest BCUT2D eigenvalue weighted by Gasteiger charge is -2.29. The Morgan fingerprint density at radius 1 is 1.38 bits per heavy atom. The molecule has 2 N–H and O–H groups in total. The molecule has 0 radical (unpaired) electrons. The van der Waals surface area contributed by atoms with Crippen molar-refractivity contribution in [1.82, 2.24) is 5.32 Å². The Morgan fingerprint density at radius 3 is 2.46 bits per heavy atom. The number of aliphatic hydroxyl groups excluding tert-OH is 1. The van der Waals surface area contributed by atoms with Crippen LogP contribution in [0.5, 0.6) is 0 Å². The molecule has 2 heteroatoms. The molecule has 1 rings (SSSR count). The second-order valence-electron chi connectivity index (χ2n) is 4.47. The average Bonchev–Trinajstić information content (AvgIpc) is 2.63. The standard InChI is InChI=1S/C11H23NO/c1-3-10(4-2)7-11(9-13)5-6-12-8-11/h10,12-13H,3-9H2,1-2H3. The zero-order valence-corrected chi connectivity index (χ0v) is 8.97. The molecule has 0 aromatic carbocycles. The van der Waals surface area contributed by atoms with E-state index in [1.54, 1.807) is 0 Å². The van der Waals surface area contributed by atoms with Gasteiger partial charge in [-0.05, 0) is 25.3 Å². The van der Waals surface area contributed by atoms with Gasteiger partial charge < -0.3 is 10.4 Å². The quantitative estimate of drug-likeness (QED) is 0.684. The summed E-state index contributed by atoms with van der Waals surface area (Å²) in [5.41, 5.74) is 0.205. The highest BCUT2D eigenvalue weighted by molar-refractivity contribution is 4.88. The summed E-state index contributed by atoms with van der Waals surface area (Å²) in [5.74, 6) is 0.798. The van der Waals surface area contributed by atoms with Crippen LogP contribution in [-0.4, -0.2) is 24.8 Å². The second-order valence-corrected chi connectivity index (χ2v) is 4.47. The molecule has 0 bridgehead atoms. The Balaban J connectivity index is 2.46. The monoisotopic (exact) mass is 185 g/mol. The molecule has 1 heterocycles. The molecule has 1 saturated heterocycles. The van der Waals surface area contributed by atoms with Crippen LogP contribution in [0.3, 0.4) is 0 Å². The summed E-state index contributed by atoms with van der Waals surface area (Å²) in [4.78, 5) is 0. The van der Waals surface area contributed by atoms with Crippen LogP contribution in [0.15, 0.2) is 0 Å². The number of nitrogens with one attached hydrogen (secondary N) is 1. The Kier molecular flexibility index (Phi) is 4.20. The highest BCUT2D eigenvalue weighted by atomic mass is 16.3. The number of hydrogen-bond donors (Lipinski definition) is 2. The van der Waals surface area contributed by atoms with Gasteiger partial charge in [-0.1, -0.05) is 26.7 Å². The Morgan fingerprint density at radius 2 is 2.08 bits per heavy atom. The van der Waals surface area contributed by atoms with Crippen LogP contribution in [0.4, 0.5) is 0 Å². The normalized spacial score (nSPS) is 28.6. The fourth-order valence-corrected chi connectivity index (χ4v) is 2.36. The summed E-state index contributed by atoms with van der Waals surface area (Å²) >= 11 is 0. The maximum absolute atomic E-state index is 9.42. The molecule has 0 aliphatic carbocycles. The summed E-state index contributed by atoms with van der Waals surface area (Å²) in [6.07, 6.45) is 4.85. The highest BCUT2D eigenvalue weighted by Crippen LogP contribution is 2.34. The van der Waals surface area contributed by atoms with E-state index in [4.69, 9.17) is 0 Å². The van der Waals surface area contributed by atoms with Crippen LogP contribution >= 0.6 is 0 Å². The van der Waals surface area contributed by atoms with Crippen molar-refractivity contribution in [2.45, 2.75) is 39.5 Å². The molecule has 1 aliphatic heterocycles. The first kappa shape index (κ1) is 11.0. The summed E-state index contributed by atoms with van der Waals surface area (Å²) in [6, 6.07) is 0. The first-order valence-electron chi connectivity index (χ1n) is 5.58. The van der Waals surface area contributed by atoms with E-state index in [1.807, 2.05) is 0 Å². The zero-order chi connectivity index (χ0) is 9.73. The van der Waals surface area contributed by atoms with Gasteiger partial charge in [0.15, 0.2) is 0 Å². The number of aliphatic hydroxyl groups is 1. The molecule has 0 spiro atoms. The van der Waals surface area contributed by atoms with Crippen LogP contribution in [0.1, 0.15) is 39.5 Å². The van der Waals surface area contributed by atoms with Crippen molar-refractivity contribution < 1.29 is 5.11 Å². The van der Waals surface area contributed by atoms with Gasteiger partial charge in [0.25, 0.3) is 0 Å². The molecule has 78 valence electrons. The molecule has 0 aromatic heterocycles. The first-order valence-corrected chi connectivity index (χ1v) is 5.58. The molecule has 13 heavy (non-hydrogen) atoms. The zero-order valence-electron chi connectivity index (χ0n) is 8.97. The number of rotatable bonds is 5. The third-order valence-corrected chi connectivity index (χ3v) is 3.54. The maximum Gasteiger partial charge on any atom is 0.0500 e. The van der Waals surface area contributed by atoms with Crippen molar-refractivity contribution in [3.05, 3.63) is 0 Å². The van der Waals surface area contributed by atoms with Gasteiger partial charge in [0.05, 0.1) is 0 Å². The summed E-state index contributed by atoms with van der Waals surface area (Å²) < 4.78 is 0. The van der Waals surface area contributed by atoms with E-state index in [2.05, 4.69) is 19.2 Å². The van der Waals surface area contributed by atoms with Crippen LogP contribution in [0, 0.1) is 11.3 Å². The van der Waals surface area contributed by atoms with Gasteiger partial charge in [-0.2, -0.15) is 0 Å². The Hall–Kier alpha value is -0.0800. The van der Waals surface area contributed by atoms with Gasteiger partial charge in [-0.15, -0.1) is 0 Å². The van der Waals surface area contributed by atoms with Crippen molar-refractivity contribution in [1.29, 1.82) is 0 Å². The predicted octanol–water partition coefficient (Wildman–Crippen LogP) is 1.78. The molecule has 2 nitrogen and oxygen atoms in total. The van der Waals surface area contributed by atoms with Gasteiger partial charge in [0.2, 0.25) is 0 Å². The van der Waals surface area contributed by atoms with Crippen LogP contribution < -0.4 is 5.32 Å². The summed E-state index contributed by atoms with van der Waals surface area (Å²) in [7, 11) is 0. The van der Waals surface area contributed by atoms with Crippen LogP contribution in [0.25, 0.3) is 0 Å². The van der Waals surface area contributed by atoms with Crippen molar-refractivity contribution in [3.63, 3.8) is 0 Å². The van der Waals surface area contributed by atoms with E-state index in [-0.39, 0.29) is 5.41 Å². The average molecular weight is 185 g/mol. The fourth-order valence-electron chi connectivity index (χ4n) is 2.36. The maximum atomic E-state index is 9.42. The Labute approximate surface area is 81.7 Å². The largest absolute Gasteiger partial charge is 0.396 e. The van der Waals surface area contributed by atoms with E-state index in [0.29, 0.717) is 6.61 Å². The molecule has 1 aliphatic rings. The molecule has 0 amide bonds. The van der Waals surface area contributed by atoms with E-state index in [1.165, 1.54) is 19.3 Å². The van der Waals surface area contributed by atoms with E-state index < -0.39 is 0 Å². The third-order valence-electron chi connectivity index (χ3n) is 3.54. The van der Waals surface area contributed by atoms with Gasteiger partial charge in [0.1, 0.15) is 0 Å². The summed E-state index contributed by atoms with van der Waals surface area (Å²) in [5, 5.41) is 12.8. The molecule has 1 unspecified atom stereocenters. The van der Waals surface area contributed by atoms with Gasteiger partial charge >= 0.3 is 0 Å². The minimum Gasteiger partial charge on any atom is -0.396 e.